The van der Waals surface area contributed by atoms with Crippen LogP contribution in [0.5, 0.6) is 0 Å². The van der Waals surface area contributed by atoms with Crippen molar-refractivity contribution in [2.24, 2.45) is 5.92 Å². The standard InChI is InChI=1S/C13H21BrN2O3S/c1-10(2)9-19-7-3-6-16-20(17,18)13-5-4-11(14)8-12(13)15/h4-5,8,10,16H,3,6-7,9,15H2,1-2H3. The molecule has 1 aromatic rings. The number of sulfonamides is 1. The highest BCUT2D eigenvalue weighted by Crippen LogP contribution is 2.22. The van der Waals surface area contributed by atoms with Crippen molar-refractivity contribution in [3.8, 4) is 0 Å². The Bertz CT molecular complexity index is 532. The molecule has 0 aliphatic carbocycles. The first-order chi connectivity index (χ1) is 9.33. The van der Waals surface area contributed by atoms with Gasteiger partial charge in [0.15, 0.2) is 0 Å². The molecule has 0 fully saturated rings. The van der Waals surface area contributed by atoms with Gasteiger partial charge >= 0.3 is 0 Å². The van der Waals surface area contributed by atoms with Gasteiger partial charge in [0.25, 0.3) is 0 Å². The van der Waals surface area contributed by atoms with Crippen LogP contribution in [-0.2, 0) is 14.8 Å². The maximum atomic E-state index is 12.1. The van der Waals surface area contributed by atoms with Crippen LogP contribution in [0, 0.1) is 5.92 Å². The fraction of sp³-hybridized carbons (Fsp3) is 0.538. The minimum atomic E-state index is -3.56. The van der Waals surface area contributed by atoms with E-state index in [-0.39, 0.29) is 10.6 Å². The third-order valence-electron chi connectivity index (χ3n) is 2.47. The van der Waals surface area contributed by atoms with Crippen molar-refractivity contribution in [2.45, 2.75) is 25.2 Å². The van der Waals surface area contributed by atoms with E-state index in [1.54, 1.807) is 12.1 Å². The normalized spacial score (nSPS) is 12.0. The lowest BCUT2D eigenvalue weighted by Crippen LogP contribution is -2.26. The Morgan fingerprint density at radius 3 is 2.70 bits per heavy atom. The maximum absolute atomic E-state index is 12.1. The predicted octanol–water partition coefficient (Wildman–Crippen LogP) is 2.37. The Hall–Kier alpha value is -0.630. The summed E-state index contributed by atoms with van der Waals surface area (Å²) in [7, 11) is -3.56. The second-order valence-corrected chi connectivity index (χ2v) is 7.55. The molecule has 0 heterocycles. The monoisotopic (exact) mass is 364 g/mol. The van der Waals surface area contributed by atoms with Crippen LogP contribution in [0.4, 0.5) is 5.69 Å². The third-order valence-corrected chi connectivity index (χ3v) is 4.50. The Morgan fingerprint density at radius 1 is 1.40 bits per heavy atom. The van der Waals surface area contributed by atoms with Crippen molar-refractivity contribution in [3.05, 3.63) is 22.7 Å². The van der Waals surface area contributed by atoms with Gasteiger partial charge in [-0.15, -0.1) is 0 Å². The first-order valence-corrected chi connectivity index (χ1v) is 8.73. The number of ether oxygens (including phenoxy) is 1. The number of rotatable bonds is 8. The Labute approximate surface area is 129 Å². The molecule has 0 aliphatic rings. The second-order valence-electron chi connectivity index (χ2n) is 4.90. The molecule has 0 radical (unpaired) electrons. The zero-order valence-electron chi connectivity index (χ0n) is 11.7. The molecule has 0 saturated heterocycles. The van der Waals surface area contributed by atoms with Crippen molar-refractivity contribution in [1.29, 1.82) is 0 Å². The molecule has 0 spiro atoms. The van der Waals surface area contributed by atoms with E-state index >= 15 is 0 Å². The van der Waals surface area contributed by atoms with Gasteiger partial charge in [-0.1, -0.05) is 29.8 Å². The molecular formula is C13H21BrN2O3S. The van der Waals surface area contributed by atoms with Crippen molar-refractivity contribution in [2.75, 3.05) is 25.5 Å². The lowest BCUT2D eigenvalue weighted by molar-refractivity contribution is 0.108. The summed E-state index contributed by atoms with van der Waals surface area (Å²) in [5, 5.41) is 0. The van der Waals surface area contributed by atoms with Gasteiger partial charge in [-0.3, -0.25) is 0 Å². The number of nitrogens with one attached hydrogen (secondary N) is 1. The average molecular weight is 365 g/mol. The molecule has 0 saturated carbocycles. The molecule has 0 unspecified atom stereocenters. The fourth-order valence-electron chi connectivity index (χ4n) is 1.54. The molecule has 5 nitrogen and oxygen atoms in total. The largest absolute Gasteiger partial charge is 0.398 e. The van der Waals surface area contributed by atoms with E-state index < -0.39 is 10.0 Å². The summed E-state index contributed by atoms with van der Waals surface area (Å²) in [6.45, 7) is 5.69. The highest BCUT2D eigenvalue weighted by Gasteiger charge is 2.16. The van der Waals surface area contributed by atoms with E-state index in [1.165, 1.54) is 6.07 Å². The number of benzene rings is 1. The molecule has 3 N–H and O–H groups in total. The van der Waals surface area contributed by atoms with E-state index in [0.29, 0.717) is 32.1 Å². The molecule has 1 aromatic carbocycles. The van der Waals surface area contributed by atoms with Crippen molar-refractivity contribution in [1.82, 2.24) is 4.72 Å². The lowest BCUT2D eigenvalue weighted by atomic mass is 10.2. The molecular weight excluding hydrogens is 344 g/mol. The van der Waals surface area contributed by atoms with Gasteiger partial charge in [-0.05, 0) is 30.5 Å². The molecule has 114 valence electrons. The van der Waals surface area contributed by atoms with Crippen LogP contribution in [0.3, 0.4) is 0 Å². The van der Waals surface area contributed by atoms with Gasteiger partial charge in [-0.25, -0.2) is 13.1 Å². The number of nitrogen functional groups attached to an aromatic ring is 1. The van der Waals surface area contributed by atoms with Gasteiger partial charge in [0.2, 0.25) is 10.0 Å². The molecule has 0 amide bonds. The van der Waals surface area contributed by atoms with Crippen LogP contribution in [0.1, 0.15) is 20.3 Å². The van der Waals surface area contributed by atoms with Crippen LogP contribution in [-0.4, -0.2) is 28.2 Å². The second kappa shape index (κ2) is 7.97. The van der Waals surface area contributed by atoms with Crippen LogP contribution in [0.25, 0.3) is 0 Å². The maximum Gasteiger partial charge on any atom is 0.242 e. The summed E-state index contributed by atoms with van der Waals surface area (Å²) >= 11 is 3.24. The lowest BCUT2D eigenvalue weighted by Gasteiger charge is -2.10. The predicted molar refractivity (Wildman–Crippen MR) is 84.0 cm³/mol. The van der Waals surface area contributed by atoms with Crippen LogP contribution >= 0.6 is 15.9 Å². The topological polar surface area (TPSA) is 81.4 Å². The quantitative estimate of drug-likeness (QED) is 0.547. The zero-order chi connectivity index (χ0) is 15.2. The van der Waals surface area contributed by atoms with Crippen molar-refractivity contribution in [3.63, 3.8) is 0 Å². The van der Waals surface area contributed by atoms with Crippen molar-refractivity contribution < 1.29 is 13.2 Å². The molecule has 0 bridgehead atoms. The van der Waals surface area contributed by atoms with Crippen molar-refractivity contribution >= 4 is 31.6 Å². The minimum Gasteiger partial charge on any atom is -0.398 e. The number of hydrogen-bond acceptors (Lipinski definition) is 4. The van der Waals surface area contributed by atoms with Gasteiger partial charge in [0.1, 0.15) is 4.90 Å². The summed E-state index contributed by atoms with van der Waals surface area (Å²) < 4.78 is 32.8. The Kier molecular flexibility index (Phi) is 6.94. The van der Waals surface area contributed by atoms with Gasteiger partial charge < -0.3 is 10.5 Å². The zero-order valence-corrected chi connectivity index (χ0v) is 14.1. The highest BCUT2D eigenvalue weighted by atomic mass is 79.9. The summed E-state index contributed by atoms with van der Waals surface area (Å²) in [6, 6.07) is 4.70. The summed E-state index contributed by atoms with van der Waals surface area (Å²) in [4.78, 5) is 0.101. The summed E-state index contributed by atoms with van der Waals surface area (Å²) in [5.41, 5.74) is 5.94. The highest BCUT2D eigenvalue weighted by molar-refractivity contribution is 9.10. The van der Waals surface area contributed by atoms with E-state index in [9.17, 15) is 8.42 Å². The number of halogens is 1. The van der Waals surface area contributed by atoms with Crippen LogP contribution < -0.4 is 10.5 Å². The first kappa shape index (κ1) is 17.4. The number of nitrogens with two attached hydrogens (primary N) is 1. The smallest absolute Gasteiger partial charge is 0.242 e. The summed E-state index contributed by atoms with van der Waals surface area (Å²) in [6.07, 6.45) is 0.627. The SMILES string of the molecule is CC(C)COCCCNS(=O)(=O)c1ccc(Br)cc1N. The van der Waals surface area contributed by atoms with Crippen LogP contribution in [0.15, 0.2) is 27.6 Å². The third kappa shape index (κ3) is 5.78. The van der Waals surface area contributed by atoms with E-state index in [1.807, 2.05) is 0 Å². The van der Waals surface area contributed by atoms with Gasteiger partial charge in [0, 0.05) is 24.2 Å². The molecule has 1 rings (SSSR count). The van der Waals surface area contributed by atoms with Gasteiger partial charge in [0.05, 0.1) is 5.69 Å². The van der Waals surface area contributed by atoms with Gasteiger partial charge in [-0.2, -0.15) is 0 Å². The molecule has 0 aromatic heterocycles. The van der Waals surface area contributed by atoms with E-state index in [0.717, 1.165) is 4.47 Å². The molecule has 7 heteroatoms. The Balaban J connectivity index is 2.46. The van der Waals surface area contributed by atoms with E-state index in [4.69, 9.17) is 10.5 Å². The molecule has 20 heavy (non-hydrogen) atoms. The average Bonchev–Trinajstić information content (AvgIpc) is 2.32. The number of anilines is 1. The van der Waals surface area contributed by atoms with E-state index in [2.05, 4.69) is 34.5 Å². The van der Waals surface area contributed by atoms with Crippen LogP contribution in [0.2, 0.25) is 0 Å². The first-order valence-electron chi connectivity index (χ1n) is 6.45. The number of hydrogen-bond donors (Lipinski definition) is 2. The Morgan fingerprint density at radius 2 is 2.10 bits per heavy atom. The molecule has 0 aliphatic heterocycles. The summed E-state index contributed by atoms with van der Waals surface area (Å²) in [5.74, 6) is 0.481. The fourth-order valence-corrected chi connectivity index (χ4v) is 3.11. The molecule has 0 atom stereocenters. The minimum absolute atomic E-state index is 0.101.